The van der Waals surface area contributed by atoms with Gasteiger partial charge in [0.25, 0.3) is 0 Å². The van der Waals surface area contributed by atoms with E-state index in [1.165, 1.54) is 38.5 Å². The zero-order chi connectivity index (χ0) is 48.2. The number of esters is 2. The van der Waals surface area contributed by atoms with Gasteiger partial charge in [-0.15, -0.1) is 0 Å². The third-order valence-corrected chi connectivity index (χ3v) is 11.2. The van der Waals surface area contributed by atoms with E-state index in [9.17, 15) is 45.3 Å². The minimum absolute atomic E-state index is 0.110. The van der Waals surface area contributed by atoms with Crippen molar-refractivity contribution >= 4 is 11.9 Å². The van der Waals surface area contributed by atoms with Gasteiger partial charge in [-0.1, -0.05) is 119 Å². The van der Waals surface area contributed by atoms with Gasteiger partial charge in [0.05, 0.1) is 19.8 Å². The molecule has 0 aromatic heterocycles. The Morgan fingerprint density at radius 1 is 0.500 bits per heavy atom. The third kappa shape index (κ3) is 25.9. The molecule has 2 saturated heterocycles. The molecule has 2 fully saturated rings. The number of unbranched alkanes of at least 4 members (excludes halogenated alkanes) is 10. The average molecular weight is 937 g/mol. The summed E-state index contributed by atoms with van der Waals surface area (Å²) < 4.78 is 33.4. The first-order valence-corrected chi connectivity index (χ1v) is 24.5. The second-order valence-electron chi connectivity index (χ2n) is 16.9. The summed E-state index contributed by atoms with van der Waals surface area (Å²) in [7, 11) is 0. The Morgan fingerprint density at radius 3 is 1.50 bits per heavy atom. The van der Waals surface area contributed by atoms with E-state index in [2.05, 4.69) is 86.8 Å². The lowest BCUT2D eigenvalue weighted by molar-refractivity contribution is -0.332. The summed E-state index contributed by atoms with van der Waals surface area (Å²) in [5.41, 5.74) is 0. The quantitative estimate of drug-likeness (QED) is 0.0209. The van der Waals surface area contributed by atoms with E-state index in [0.29, 0.717) is 12.8 Å². The highest BCUT2D eigenvalue weighted by molar-refractivity contribution is 5.70. The number of hydrogen-bond donors (Lipinski definition) is 7. The van der Waals surface area contributed by atoms with Gasteiger partial charge in [0.15, 0.2) is 18.7 Å². The van der Waals surface area contributed by atoms with Gasteiger partial charge < -0.3 is 64.2 Å². The van der Waals surface area contributed by atoms with E-state index in [1.54, 1.807) is 0 Å². The minimum Gasteiger partial charge on any atom is -0.462 e. The van der Waals surface area contributed by atoms with Crippen LogP contribution in [0.25, 0.3) is 0 Å². The zero-order valence-corrected chi connectivity index (χ0v) is 39.6. The summed E-state index contributed by atoms with van der Waals surface area (Å²) in [6.45, 7) is 2.36. The molecule has 0 radical (unpaired) electrons. The SMILES string of the molecule is CC/C=C/C/C=C/C/C=C/C/C=C/CCCCC(=O)OC[C@H](CO[C@@H]1O[C@H](CO[C@@H]2O[C@H](CO)[C@H](O)C(O)C2O)[C@H](O)C(O)C1O)OC(=O)CCCC/C=C/C/C=C/CCCCCCCC. The average Bonchev–Trinajstić information content (AvgIpc) is 3.31. The van der Waals surface area contributed by atoms with Crippen molar-refractivity contribution in [1.82, 2.24) is 0 Å². The Labute approximate surface area is 393 Å². The van der Waals surface area contributed by atoms with Crippen molar-refractivity contribution in [1.29, 1.82) is 0 Å². The largest absolute Gasteiger partial charge is 0.462 e. The lowest BCUT2D eigenvalue weighted by atomic mass is 9.98. The molecule has 0 spiro atoms. The molecule has 7 N–H and O–H groups in total. The lowest BCUT2D eigenvalue weighted by Crippen LogP contribution is -2.61. The predicted molar refractivity (Wildman–Crippen MR) is 252 cm³/mol. The van der Waals surface area contributed by atoms with E-state index in [-0.39, 0.29) is 19.4 Å². The molecule has 66 heavy (non-hydrogen) atoms. The summed E-state index contributed by atoms with van der Waals surface area (Å²) >= 11 is 0. The molecule has 2 aliphatic rings. The molecule has 378 valence electrons. The van der Waals surface area contributed by atoms with E-state index in [0.717, 1.165) is 64.2 Å². The number of carbonyl (C=O) groups is 2. The summed E-state index contributed by atoms with van der Waals surface area (Å²) in [5, 5.41) is 72.0. The number of aliphatic hydroxyl groups is 7. The second-order valence-corrected chi connectivity index (χ2v) is 16.9. The van der Waals surface area contributed by atoms with Crippen LogP contribution in [0, 0.1) is 0 Å². The molecule has 4 unspecified atom stereocenters. The van der Waals surface area contributed by atoms with E-state index >= 15 is 0 Å². The first-order valence-electron chi connectivity index (χ1n) is 24.5. The summed E-state index contributed by atoms with van der Waals surface area (Å²) in [6.07, 6.45) is 26.6. The molecule has 15 heteroatoms. The topological polar surface area (TPSA) is 231 Å². The van der Waals surface area contributed by atoms with Crippen LogP contribution in [0.5, 0.6) is 0 Å². The maximum Gasteiger partial charge on any atom is 0.306 e. The number of allylic oxidation sites excluding steroid dienone is 12. The summed E-state index contributed by atoms with van der Waals surface area (Å²) in [6, 6.07) is 0. The number of rotatable bonds is 36. The van der Waals surface area contributed by atoms with Crippen molar-refractivity contribution in [3.8, 4) is 0 Å². The molecule has 0 bridgehead atoms. The van der Waals surface area contributed by atoms with Crippen LogP contribution >= 0.6 is 0 Å². The van der Waals surface area contributed by atoms with Gasteiger partial charge in [-0.05, 0) is 83.5 Å². The van der Waals surface area contributed by atoms with Crippen LogP contribution in [-0.2, 0) is 38.0 Å². The number of aliphatic hydroxyl groups excluding tert-OH is 7. The molecule has 2 heterocycles. The molecule has 0 aliphatic carbocycles. The number of carbonyl (C=O) groups excluding carboxylic acids is 2. The van der Waals surface area contributed by atoms with E-state index in [4.69, 9.17) is 28.4 Å². The molecule has 0 aromatic carbocycles. The van der Waals surface area contributed by atoms with Gasteiger partial charge in [-0.25, -0.2) is 0 Å². The van der Waals surface area contributed by atoms with Gasteiger partial charge in [-0.3, -0.25) is 9.59 Å². The van der Waals surface area contributed by atoms with Crippen molar-refractivity contribution in [3.63, 3.8) is 0 Å². The van der Waals surface area contributed by atoms with E-state index < -0.39 is 99.3 Å². The van der Waals surface area contributed by atoms with E-state index in [1.807, 2.05) is 0 Å². The van der Waals surface area contributed by atoms with Crippen LogP contribution in [0.15, 0.2) is 72.9 Å². The molecule has 0 amide bonds. The number of hydrogen-bond acceptors (Lipinski definition) is 15. The zero-order valence-electron chi connectivity index (χ0n) is 39.6. The van der Waals surface area contributed by atoms with Crippen LogP contribution in [0.4, 0.5) is 0 Å². The molecule has 0 saturated carbocycles. The smallest absolute Gasteiger partial charge is 0.306 e. The minimum atomic E-state index is -1.78. The van der Waals surface area contributed by atoms with Crippen molar-refractivity contribution in [3.05, 3.63) is 72.9 Å². The highest BCUT2D eigenvalue weighted by Crippen LogP contribution is 2.26. The van der Waals surface area contributed by atoms with Gasteiger partial charge in [0.1, 0.15) is 55.4 Å². The molecular weight excluding hydrogens is 853 g/mol. The van der Waals surface area contributed by atoms with Crippen LogP contribution in [0.3, 0.4) is 0 Å². The Bertz CT molecular complexity index is 1430. The Balaban J connectivity index is 1.87. The fraction of sp³-hybridized carbons (Fsp3) is 0.725. The normalized spacial score (nSPS) is 26.8. The maximum absolute atomic E-state index is 13.0. The second kappa shape index (κ2) is 37.9. The highest BCUT2D eigenvalue weighted by atomic mass is 16.7. The third-order valence-electron chi connectivity index (χ3n) is 11.2. The maximum atomic E-state index is 13.0. The van der Waals surface area contributed by atoms with Crippen molar-refractivity contribution in [2.45, 2.75) is 210 Å². The molecule has 11 atom stereocenters. The van der Waals surface area contributed by atoms with Crippen molar-refractivity contribution < 1.29 is 73.8 Å². The van der Waals surface area contributed by atoms with Crippen LogP contribution < -0.4 is 0 Å². The van der Waals surface area contributed by atoms with Crippen LogP contribution in [0.1, 0.15) is 142 Å². The summed E-state index contributed by atoms with van der Waals surface area (Å²) in [5.74, 6) is -1.02. The monoisotopic (exact) mass is 937 g/mol. The molecule has 0 aromatic rings. The summed E-state index contributed by atoms with van der Waals surface area (Å²) in [4.78, 5) is 25.7. The lowest BCUT2D eigenvalue weighted by Gasteiger charge is -2.42. The molecule has 2 aliphatic heterocycles. The van der Waals surface area contributed by atoms with Gasteiger partial charge in [-0.2, -0.15) is 0 Å². The fourth-order valence-electron chi connectivity index (χ4n) is 7.12. The molecule has 2 rings (SSSR count). The number of ether oxygens (including phenoxy) is 6. The highest BCUT2D eigenvalue weighted by Gasteiger charge is 2.47. The van der Waals surface area contributed by atoms with Crippen LogP contribution in [0.2, 0.25) is 0 Å². The predicted octanol–water partition coefficient (Wildman–Crippen LogP) is 6.26. The Morgan fingerprint density at radius 2 is 0.955 bits per heavy atom. The molecular formula is C51H84O15. The Hall–Kier alpha value is -3.06. The van der Waals surface area contributed by atoms with Crippen molar-refractivity contribution in [2.75, 3.05) is 26.4 Å². The van der Waals surface area contributed by atoms with Crippen LogP contribution in [-0.4, -0.2) is 142 Å². The fourth-order valence-corrected chi connectivity index (χ4v) is 7.12. The molecule has 15 nitrogen and oxygen atoms in total. The first kappa shape index (κ1) is 59.1. The first-order chi connectivity index (χ1) is 32.0. The van der Waals surface area contributed by atoms with Gasteiger partial charge in [0.2, 0.25) is 0 Å². The standard InChI is InChI=1S/C51H84O15/c1-3-5-7-9-11-13-15-17-19-21-23-25-27-29-31-33-42(53)61-36-39(64-43(54)34-32-30-28-26-24-22-20-18-16-14-12-10-8-6-4-2)37-62-50-49(60)47(58)45(56)41(66-50)38-63-51-48(59)46(57)44(55)40(35-52)65-51/h5,7,11,13,17-20,23-26,39-41,44-52,55-60H,3-4,6,8-10,12,14-16,21-22,27-38H2,1-2H3/b7-5+,13-11+,19-17+,20-18+,25-23+,26-24+/t39-,40-,41-,44+,45+,46?,47?,48?,49?,50-,51-/m1/s1. The van der Waals surface area contributed by atoms with Gasteiger partial charge >= 0.3 is 11.9 Å². The van der Waals surface area contributed by atoms with Gasteiger partial charge in [0, 0.05) is 12.8 Å². The Kier molecular flexibility index (Phi) is 33.9. The van der Waals surface area contributed by atoms with Crippen molar-refractivity contribution in [2.24, 2.45) is 0 Å².